The molecular weight excluding hydrogens is 208 g/mol. The molecular formula is C15H24N2. The minimum atomic E-state index is 0.294. The molecule has 1 heterocycles. The van der Waals surface area contributed by atoms with Crippen LogP contribution in [-0.2, 0) is 0 Å². The highest BCUT2D eigenvalue weighted by molar-refractivity contribution is 5.48. The van der Waals surface area contributed by atoms with Gasteiger partial charge in [-0.25, -0.2) is 0 Å². The molecule has 1 aromatic carbocycles. The van der Waals surface area contributed by atoms with Crippen LogP contribution in [0.4, 0.5) is 5.69 Å². The zero-order valence-electron chi connectivity index (χ0n) is 11.2. The highest BCUT2D eigenvalue weighted by Gasteiger charge is 2.34. The van der Waals surface area contributed by atoms with E-state index in [4.69, 9.17) is 0 Å². The van der Waals surface area contributed by atoms with Gasteiger partial charge in [-0.1, -0.05) is 32.0 Å². The van der Waals surface area contributed by atoms with Crippen LogP contribution in [0, 0.1) is 0 Å². The molecule has 2 heteroatoms. The fourth-order valence-electron chi connectivity index (χ4n) is 2.70. The SMILES string of the molecule is CCC1(CC)CN(c2ccccc2)C(C)CN1. The van der Waals surface area contributed by atoms with Crippen molar-refractivity contribution in [1.82, 2.24) is 5.32 Å². The molecule has 2 rings (SSSR count). The predicted molar refractivity (Wildman–Crippen MR) is 74.6 cm³/mol. The van der Waals surface area contributed by atoms with Crippen LogP contribution in [-0.4, -0.2) is 24.7 Å². The summed E-state index contributed by atoms with van der Waals surface area (Å²) in [5, 5.41) is 3.74. The van der Waals surface area contributed by atoms with Gasteiger partial charge in [0.25, 0.3) is 0 Å². The Balaban J connectivity index is 2.21. The summed E-state index contributed by atoms with van der Waals surface area (Å²) in [4.78, 5) is 2.55. The van der Waals surface area contributed by atoms with Crippen LogP contribution in [0.1, 0.15) is 33.6 Å². The number of hydrogen-bond donors (Lipinski definition) is 1. The van der Waals surface area contributed by atoms with E-state index in [1.54, 1.807) is 0 Å². The first-order valence-corrected chi connectivity index (χ1v) is 6.77. The van der Waals surface area contributed by atoms with Gasteiger partial charge in [-0.05, 0) is 31.9 Å². The lowest BCUT2D eigenvalue weighted by Gasteiger charge is -2.47. The Morgan fingerprint density at radius 1 is 1.24 bits per heavy atom. The van der Waals surface area contributed by atoms with Crippen LogP contribution in [0.25, 0.3) is 0 Å². The van der Waals surface area contributed by atoms with Gasteiger partial charge in [0.1, 0.15) is 0 Å². The van der Waals surface area contributed by atoms with E-state index >= 15 is 0 Å². The minimum absolute atomic E-state index is 0.294. The smallest absolute Gasteiger partial charge is 0.0387 e. The van der Waals surface area contributed by atoms with Crippen LogP contribution in [0.15, 0.2) is 30.3 Å². The summed E-state index contributed by atoms with van der Waals surface area (Å²) in [7, 11) is 0. The van der Waals surface area contributed by atoms with E-state index in [0.717, 1.165) is 13.1 Å². The highest BCUT2D eigenvalue weighted by atomic mass is 15.3. The van der Waals surface area contributed by atoms with Gasteiger partial charge in [-0.3, -0.25) is 0 Å². The van der Waals surface area contributed by atoms with Gasteiger partial charge in [-0.2, -0.15) is 0 Å². The van der Waals surface area contributed by atoms with Crippen molar-refractivity contribution in [3.05, 3.63) is 30.3 Å². The Hall–Kier alpha value is -1.02. The maximum atomic E-state index is 3.74. The third-order valence-electron chi connectivity index (χ3n) is 4.22. The molecule has 1 N–H and O–H groups in total. The third-order valence-corrected chi connectivity index (χ3v) is 4.22. The first kappa shape index (κ1) is 12.4. The van der Waals surface area contributed by atoms with Crippen molar-refractivity contribution in [2.45, 2.75) is 45.2 Å². The van der Waals surface area contributed by atoms with Crippen molar-refractivity contribution in [3.8, 4) is 0 Å². The number of benzene rings is 1. The Kier molecular flexibility index (Phi) is 3.72. The van der Waals surface area contributed by atoms with Crippen LogP contribution >= 0.6 is 0 Å². The molecule has 1 fully saturated rings. The molecule has 0 radical (unpaired) electrons. The lowest BCUT2D eigenvalue weighted by atomic mass is 9.88. The van der Waals surface area contributed by atoms with Crippen LogP contribution in [0.2, 0.25) is 0 Å². The standard InChI is InChI=1S/C15H24N2/c1-4-15(5-2)12-17(13(3)11-16-15)14-9-7-6-8-10-14/h6-10,13,16H,4-5,11-12H2,1-3H3. The molecule has 1 aliphatic rings. The first-order chi connectivity index (χ1) is 8.21. The molecule has 0 saturated carbocycles. The van der Waals surface area contributed by atoms with E-state index in [0.29, 0.717) is 11.6 Å². The number of para-hydroxylation sites is 1. The predicted octanol–water partition coefficient (Wildman–Crippen LogP) is 3.04. The summed E-state index contributed by atoms with van der Waals surface area (Å²) in [5.74, 6) is 0. The number of nitrogens with zero attached hydrogens (tertiary/aromatic N) is 1. The van der Waals surface area contributed by atoms with E-state index in [-0.39, 0.29) is 0 Å². The van der Waals surface area contributed by atoms with Crippen LogP contribution in [0.5, 0.6) is 0 Å². The second-order valence-electron chi connectivity index (χ2n) is 5.18. The summed E-state index contributed by atoms with van der Waals surface area (Å²) in [6, 6.07) is 11.4. The average molecular weight is 232 g/mol. The van der Waals surface area contributed by atoms with E-state index < -0.39 is 0 Å². The lowest BCUT2D eigenvalue weighted by molar-refractivity contribution is 0.254. The summed E-state index contributed by atoms with van der Waals surface area (Å²) in [6.45, 7) is 9.07. The second-order valence-corrected chi connectivity index (χ2v) is 5.18. The maximum Gasteiger partial charge on any atom is 0.0387 e. The molecule has 94 valence electrons. The van der Waals surface area contributed by atoms with E-state index in [1.165, 1.54) is 18.5 Å². The second kappa shape index (κ2) is 5.09. The van der Waals surface area contributed by atoms with Gasteiger partial charge in [0.05, 0.1) is 0 Å². The molecule has 0 aliphatic carbocycles. The van der Waals surface area contributed by atoms with Gasteiger partial charge >= 0.3 is 0 Å². The third kappa shape index (κ3) is 2.47. The van der Waals surface area contributed by atoms with E-state index in [2.05, 4.69) is 61.3 Å². The van der Waals surface area contributed by atoms with Crippen molar-refractivity contribution in [2.75, 3.05) is 18.0 Å². The van der Waals surface area contributed by atoms with Crippen molar-refractivity contribution in [3.63, 3.8) is 0 Å². The minimum Gasteiger partial charge on any atom is -0.366 e. The molecule has 1 aliphatic heterocycles. The highest BCUT2D eigenvalue weighted by Crippen LogP contribution is 2.27. The molecule has 1 aromatic rings. The number of piperazine rings is 1. The fourth-order valence-corrected chi connectivity index (χ4v) is 2.70. The van der Waals surface area contributed by atoms with Gasteiger partial charge < -0.3 is 10.2 Å². The number of nitrogens with one attached hydrogen (secondary N) is 1. The van der Waals surface area contributed by atoms with Crippen molar-refractivity contribution >= 4 is 5.69 Å². The number of rotatable bonds is 3. The lowest BCUT2D eigenvalue weighted by Crippen LogP contribution is -2.63. The van der Waals surface area contributed by atoms with E-state index in [1.807, 2.05) is 0 Å². The normalized spacial score (nSPS) is 23.7. The van der Waals surface area contributed by atoms with Crippen molar-refractivity contribution in [2.24, 2.45) is 0 Å². The summed E-state index contributed by atoms with van der Waals surface area (Å²) in [5.41, 5.74) is 1.65. The van der Waals surface area contributed by atoms with Crippen LogP contribution in [0.3, 0.4) is 0 Å². The maximum absolute atomic E-state index is 3.74. The summed E-state index contributed by atoms with van der Waals surface area (Å²) >= 11 is 0. The Morgan fingerprint density at radius 3 is 2.47 bits per heavy atom. The summed E-state index contributed by atoms with van der Waals surface area (Å²) < 4.78 is 0. The molecule has 0 amide bonds. The molecule has 17 heavy (non-hydrogen) atoms. The van der Waals surface area contributed by atoms with Gasteiger partial charge in [0.15, 0.2) is 0 Å². The Labute approximate surface area is 105 Å². The zero-order valence-corrected chi connectivity index (χ0v) is 11.2. The quantitative estimate of drug-likeness (QED) is 0.861. The van der Waals surface area contributed by atoms with Gasteiger partial charge in [-0.15, -0.1) is 0 Å². The summed E-state index contributed by atoms with van der Waals surface area (Å²) in [6.07, 6.45) is 2.39. The topological polar surface area (TPSA) is 15.3 Å². The monoisotopic (exact) mass is 232 g/mol. The molecule has 0 bridgehead atoms. The van der Waals surface area contributed by atoms with Crippen LogP contribution < -0.4 is 10.2 Å². The fraction of sp³-hybridized carbons (Fsp3) is 0.600. The molecule has 1 saturated heterocycles. The molecule has 1 unspecified atom stereocenters. The Bertz CT molecular complexity index is 343. The molecule has 2 nitrogen and oxygen atoms in total. The molecule has 1 atom stereocenters. The van der Waals surface area contributed by atoms with Gasteiger partial charge in [0.2, 0.25) is 0 Å². The average Bonchev–Trinajstić information content (AvgIpc) is 2.41. The molecule has 0 spiro atoms. The Morgan fingerprint density at radius 2 is 1.88 bits per heavy atom. The van der Waals surface area contributed by atoms with E-state index in [9.17, 15) is 0 Å². The molecule has 0 aromatic heterocycles. The number of hydrogen-bond acceptors (Lipinski definition) is 2. The van der Waals surface area contributed by atoms with Crippen molar-refractivity contribution < 1.29 is 0 Å². The van der Waals surface area contributed by atoms with Gasteiger partial charge in [0, 0.05) is 30.4 Å². The number of anilines is 1. The first-order valence-electron chi connectivity index (χ1n) is 6.77. The van der Waals surface area contributed by atoms with Crippen molar-refractivity contribution in [1.29, 1.82) is 0 Å². The largest absolute Gasteiger partial charge is 0.366 e. The zero-order chi connectivity index (χ0) is 12.3.